The predicted molar refractivity (Wildman–Crippen MR) is 77.2 cm³/mol. The first-order valence-corrected chi connectivity index (χ1v) is 7.14. The summed E-state index contributed by atoms with van der Waals surface area (Å²) in [6, 6.07) is 6.53. The van der Waals surface area contributed by atoms with Gasteiger partial charge in [-0.25, -0.2) is 0 Å². The van der Waals surface area contributed by atoms with Gasteiger partial charge in [-0.2, -0.15) is 0 Å². The highest BCUT2D eigenvalue weighted by atomic mass is 16.6. The normalized spacial score (nSPS) is 20.1. The van der Waals surface area contributed by atoms with E-state index in [0.717, 1.165) is 26.2 Å². The Bertz CT molecular complexity index is 551. The predicted octanol–water partition coefficient (Wildman–Crippen LogP) is 0.324. The van der Waals surface area contributed by atoms with Crippen molar-refractivity contribution in [2.45, 2.75) is 6.04 Å². The zero-order chi connectivity index (χ0) is 14.8. The van der Waals surface area contributed by atoms with E-state index in [2.05, 4.69) is 10.2 Å². The molecule has 2 heterocycles. The van der Waals surface area contributed by atoms with Crippen molar-refractivity contribution in [2.24, 2.45) is 0 Å². The largest absolute Gasteiger partial charge is 0.335 e. The molecule has 1 aromatic rings. The van der Waals surface area contributed by atoms with Gasteiger partial charge in [-0.15, -0.1) is 0 Å². The Labute approximate surface area is 122 Å². The standard InChI is InChI=1S/C14H18N4O3/c19-14(12-3-1-2-4-13(12)18(20)21)17-9-11(10-17)16-7-5-15-6-8-16/h1-4,11,15H,5-10H2. The molecule has 0 spiro atoms. The van der Waals surface area contributed by atoms with Crippen LogP contribution in [0.1, 0.15) is 10.4 Å². The summed E-state index contributed by atoms with van der Waals surface area (Å²) in [5.74, 6) is -0.242. The van der Waals surface area contributed by atoms with E-state index in [1.54, 1.807) is 17.0 Å². The van der Waals surface area contributed by atoms with Crippen LogP contribution in [0.15, 0.2) is 24.3 Å². The number of nitro groups is 1. The molecule has 0 aliphatic carbocycles. The van der Waals surface area contributed by atoms with Gasteiger partial charge in [-0.1, -0.05) is 12.1 Å². The number of nitrogens with one attached hydrogen (secondary N) is 1. The average Bonchev–Trinajstić information content (AvgIpc) is 2.46. The number of nitrogens with zero attached hydrogens (tertiary/aromatic N) is 3. The van der Waals surface area contributed by atoms with Gasteiger partial charge < -0.3 is 10.2 Å². The first kappa shape index (κ1) is 14.0. The van der Waals surface area contributed by atoms with Gasteiger partial charge in [0.25, 0.3) is 11.6 Å². The molecule has 2 fully saturated rings. The Kier molecular flexibility index (Phi) is 3.85. The van der Waals surface area contributed by atoms with Crippen molar-refractivity contribution >= 4 is 11.6 Å². The highest BCUT2D eigenvalue weighted by Crippen LogP contribution is 2.23. The van der Waals surface area contributed by atoms with Crippen LogP contribution < -0.4 is 5.32 Å². The highest BCUT2D eigenvalue weighted by Gasteiger charge is 2.37. The third-order valence-corrected chi connectivity index (χ3v) is 4.15. The average molecular weight is 290 g/mol. The molecule has 0 unspecified atom stereocenters. The molecule has 7 nitrogen and oxygen atoms in total. The van der Waals surface area contributed by atoms with Gasteiger partial charge in [0.1, 0.15) is 5.56 Å². The molecule has 0 bridgehead atoms. The third-order valence-electron chi connectivity index (χ3n) is 4.15. The highest BCUT2D eigenvalue weighted by molar-refractivity contribution is 5.98. The molecule has 112 valence electrons. The summed E-state index contributed by atoms with van der Waals surface area (Å²) in [7, 11) is 0. The number of hydrogen-bond acceptors (Lipinski definition) is 5. The quantitative estimate of drug-likeness (QED) is 0.641. The second-order valence-corrected chi connectivity index (χ2v) is 5.42. The third kappa shape index (κ3) is 2.74. The lowest BCUT2D eigenvalue weighted by Crippen LogP contribution is -2.63. The molecule has 3 rings (SSSR count). The van der Waals surface area contributed by atoms with Gasteiger partial charge >= 0.3 is 0 Å². The minimum absolute atomic E-state index is 0.117. The number of benzene rings is 1. The van der Waals surface area contributed by atoms with Gasteiger partial charge in [0.15, 0.2) is 0 Å². The first-order valence-electron chi connectivity index (χ1n) is 7.14. The Morgan fingerprint density at radius 1 is 1.24 bits per heavy atom. The van der Waals surface area contributed by atoms with Gasteiger partial charge in [0.2, 0.25) is 0 Å². The molecule has 1 aromatic carbocycles. The van der Waals surface area contributed by atoms with Crippen LogP contribution in [0, 0.1) is 10.1 Å². The smallest absolute Gasteiger partial charge is 0.282 e. The molecular formula is C14H18N4O3. The Balaban J connectivity index is 1.64. The van der Waals surface area contributed by atoms with E-state index in [0.29, 0.717) is 19.1 Å². The van der Waals surface area contributed by atoms with Gasteiger partial charge in [0.05, 0.1) is 4.92 Å². The molecule has 0 saturated carbocycles. The second kappa shape index (κ2) is 5.79. The van der Waals surface area contributed by atoms with Gasteiger partial charge in [-0.05, 0) is 6.07 Å². The number of piperazine rings is 1. The van der Waals surface area contributed by atoms with Crippen molar-refractivity contribution in [2.75, 3.05) is 39.3 Å². The maximum atomic E-state index is 12.4. The number of likely N-dealkylation sites (tertiary alicyclic amines) is 1. The maximum Gasteiger partial charge on any atom is 0.282 e. The molecule has 2 saturated heterocycles. The van der Waals surface area contributed by atoms with Crippen molar-refractivity contribution in [3.8, 4) is 0 Å². The molecule has 1 N–H and O–H groups in total. The second-order valence-electron chi connectivity index (χ2n) is 5.42. The van der Waals surface area contributed by atoms with Crippen LogP contribution in [0.25, 0.3) is 0 Å². The van der Waals surface area contributed by atoms with E-state index < -0.39 is 4.92 Å². The molecule has 0 aromatic heterocycles. The minimum atomic E-state index is -0.499. The Hall–Kier alpha value is -1.99. The summed E-state index contributed by atoms with van der Waals surface area (Å²) in [6.45, 7) is 5.27. The molecule has 21 heavy (non-hydrogen) atoms. The maximum absolute atomic E-state index is 12.4. The van der Waals surface area contributed by atoms with Crippen LogP contribution in [-0.4, -0.2) is 65.9 Å². The lowest BCUT2D eigenvalue weighted by Gasteiger charge is -2.46. The molecular weight excluding hydrogens is 272 g/mol. The fourth-order valence-corrected chi connectivity index (χ4v) is 2.88. The van der Waals surface area contributed by atoms with E-state index in [1.165, 1.54) is 12.1 Å². The lowest BCUT2D eigenvalue weighted by molar-refractivity contribution is -0.385. The summed E-state index contributed by atoms with van der Waals surface area (Å²) >= 11 is 0. The zero-order valence-electron chi connectivity index (χ0n) is 11.7. The first-order chi connectivity index (χ1) is 10.2. The Morgan fingerprint density at radius 2 is 1.90 bits per heavy atom. The number of hydrogen-bond donors (Lipinski definition) is 1. The van der Waals surface area contributed by atoms with Gasteiger partial charge in [0, 0.05) is 51.4 Å². The minimum Gasteiger partial charge on any atom is -0.335 e. The van der Waals surface area contributed by atoms with E-state index in [1.807, 2.05) is 0 Å². The number of amides is 1. The lowest BCUT2D eigenvalue weighted by atomic mass is 10.0. The van der Waals surface area contributed by atoms with Gasteiger partial charge in [-0.3, -0.25) is 19.8 Å². The van der Waals surface area contributed by atoms with E-state index in [4.69, 9.17) is 0 Å². The number of carbonyl (C=O) groups excluding carboxylic acids is 1. The summed E-state index contributed by atoms with van der Waals surface area (Å²) in [4.78, 5) is 26.9. The zero-order valence-corrected chi connectivity index (χ0v) is 11.7. The molecule has 0 atom stereocenters. The topological polar surface area (TPSA) is 78.7 Å². The summed E-state index contributed by atoms with van der Waals surface area (Å²) in [6.07, 6.45) is 0. The van der Waals surface area contributed by atoms with Crippen LogP contribution in [0.5, 0.6) is 0 Å². The van der Waals surface area contributed by atoms with Crippen molar-refractivity contribution < 1.29 is 9.72 Å². The number of rotatable bonds is 3. The summed E-state index contributed by atoms with van der Waals surface area (Å²) in [5, 5.41) is 14.3. The van der Waals surface area contributed by atoms with Crippen LogP contribution in [-0.2, 0) is 0 Å². The Morgan fingerprint density at radius 3 is 2.57 bits per heavy atom. The fraction of sp³-hybridized carbons (Fsp3) is 0.500. The number of para-hydroxylation sites is 1. The summed E-state index contributed by atoms with van der Waals surface area (Å²) in [5.41, 5.74) is 0.0642. The molecule has 7 heteroatoms. The molecule has 0 radical (unpaired) electrons. The summed E-state index contributed by atoms with van der Waals surface area (Å²) < 4.78 is 0. The van der Waals surface area contributed by atoms with Crippen LogP contribution in [0.3, 0.4) is 0 Å². The van der Waals surface area contributed by atoms with Crippen molar-refractivity contribution in [1.29, 1.82) is 0 Å². The monoisotopic (exact) mass is 290 g/mol. The van der Waals surface area contributed by atoms with E-state index >= 15 is 0 Å². The van der Waals surface area contributed by atoms with E-state index in [9.17, 15) is 14.9 Å². The van der Waals surface area contributed by atoms with Crippen molar-refractivity contribution in [3.63, 3.8) is 0 Å². The van der Waals surface area contributed by atoms with Crippen LogP contribution in [0.2, 0.25) is 0 Å². The molecule has 2 aliphatic heterocycles. The SMILES string of the molecule is O=C(c1ccccc1[N+](=O)[O-])N1CC(N2CCNCC2)C1. The van der Waals surface area contributed by atoms with Crippen molar-refractivity contribution in [1.82, 2.24) is 15.1 Å². The van der Waals surface area contributed by atoms with Crippen molar-refractivity contribution in [3.05, 3.63) is 39.9 Å². The fourth-order valence-electron chi connectivity index (χ4n) is 2.88. The number of nitro benzene ring substituents is 1. The van der Waals surface area contributed by atoms with Crippen LogP contribution in [0.4, 0.5) is 5.69 Å². The molecule has 1 amide bonds. The van der Waals surface area contributed by atoms with Crippen LogP contribution >= 0.6 is 0 Å². The molecule has 2 aliphatic rings. The van der Waals surface area contributed by atoms with E-state index in [-0.39, 0.29) is 17.2 Å². The number of carbonyl (C=O) groups is 1.